The number of aliphatic hydroxyl groups excluding tert-OH is 1. The number of hydrogen-bond donors (Lipinski definition) is 1. The highest BCUT2D eigenvalue weighted by molar-refractivity contribution is 4.61. The third-order valence-electron chi connectivity index (χ3n) is 4.61. The van der Waals surface area contributed by atoms with E-state index < -0.39 is 0 Å². The molecule has 3 aliphatic heterocycles. The molecule has 2 bridgehead atoms. The highest BCUT2D eigenvalue weighted by Crippen LogP contribution is 2.26. The summed E-state index contributed by atoms with van der Waals surface area (Å²) < 4.78 is 2.68. The van der Waals surface area contributed by atoms with Crippen molar-refractivity contribution in [2.45, 2.75) is 13.3 Å². The van der Waals surface area contributed by atoms with Gasteiger partial charge in [-0.15, -0.1) is 0 Å². The average molecular weight is 200 g/mol. The van der Waals surface area contributed by atoms with Crippen molar-refractivity contribution in [1.29, 1.82) is 0 Å². The van der Waals surface area contributed by atoms with Crippen LogP contribution < -0.4 is 0 Å². The van der Waals surface area contributed by atoms with Crippen LogP contribution in [-0.4, -0.2) is 73.0 Å². The monoisotopic (exact) mass is 200 g/mol. The molecule has 1 N–H and O–H groups in total. The van der Waals surface area contributed by atoms with Crippen molar-refractivity contribution in [2.24, 2.45) is 0 Å². The molecule has 3 heterocycles. The van der Waals surface area contributed by atoms with Crippen LogP contribution in [0.3, 0.4) is 0 Å². The zero-order valence-electron chi connectivity index (χ0n) is 9.41. The number of hydrogen-bond acceptors (Lipinski definition) is 1. The highest BCUT2D eigenvalue weighted by atomic mass is 16.3. The Kier molecular flexibility index (Phi) is 2.82. The molecule has 0 aromatic rings. The summed E-state index contributed by atoms with van der Waals surface area (Å²) in [6, 6.07) is 0. The Labute approximate surface area is 87.1 Å². The van der Waals surface area contributed by atoms with Crippen molar-refractivity contribution in [3.8, 4) is 0 Å². The molecule has 0 unspecified atom stereocenters. The molecule has 3 nitrogen and oxygen atoms in total. The molecule has 0 radical (unpaired) electrons. The van der Waals surface area contributed by atoms with E-state index in [-0.39, 0.29) is 0 Å². The maximum Gasteiger partial charge on any atom is 0.129 e. The van der Waals surface area contributed by atoms with E-state index in [1.807, 2.05) is 0 Å². The standard InChI is InChI=1S/C11H24N2O/c1-2-12-5-8-13(9-6-12,10-7-12)4-3-11-14/h14H,2-11H2,1H3/q+2. The van der Waals surface area contributed by atoms with Crippen LogP contribution in [0.4, 0.5) is 0 Å². The van der Waals surface area contributed by atoms with Gasteiger partial charge in [-0.25, -0.2) is 0 Å². The Morgan fingerprint density at radius 3 is 1.86 bits per heavy atom. The zero-order valence-corrected chi connectivity index (χ0v) is 9.41. The Morgan fingerprint density at radius 1 is 0.929 bits per heavy atom. The van der Waals surface area contributed by atoms with Gasteiger partial charge in [-0.05, 0) is 6.92 Å². The van der Waals surface area contributed by atoms with Crippen LogP contribution in [0.2, 0.25) is 0 Å². The minimum absolute atomic E-state index is 0.369. The maximum atomic E-state index is 8.90. The van der Waals surface area contributed by atoms with Crippen LogP contribution in [0.5, 0.6) is 0 Å². The Hall–Kier alpha value is -0.120. The minimum atomic E-state index is 0.369. The predicted molar refractivity (Wildman–Crippen MR) is 56.8 cm³/mol. The van der Waals surface area contributed by atoms with Gasteiger partial charge >= 0.3 is 0 Å². The second kappa shape index (κ2) is 3.80. The van der Waals surface area contributed by atoms with Gasteiger partial charge in [0.25, 0.3) is 0 Å². The first-order valence-electron chi connectivity index (χ1n) is 6.05. The molecule has 3 aliphatic rings. The molecule has 14 heavy (non-hydrogen) atoms. The first-order valence-corrected chi connectivity index (χ1v) is 6.05. The van der Waals surface area contributed by atoms with Crippen molar-refractivity contribution in [3.05, 3.63) is 0 Å². The van der Waals surface area contributed by atoms with Gasteiger partial charge < -0.3 is 14.1 Å². The van der Waals surface area contributed by atoms with Crippen LogP contribution >= 0.6 is 0 Å². The van der Waals surface area contributed by atoms with E-state index in [1.54, 1.807) is 0 Å². The third kappa shape index (κ3) is 1.69. The summed E-state index contributed by atoms with van der Waals surface area (Å²) in [4.78, 5) is 0. The molecule has 3 fully saturated rings. The number of nitrogens with zero attached hydrogens (tertiary/aromatic N) is 2. The minimum Gasteiger partial charge on any atom is -0.396 e. The van der Waals surface area contributed by atoms with Crippen molar-refractivity contribution in [3.63, 3.8) is 0 Å². The van der Waals surface area contributed by atoms with Gasteiger partial charge in [0, 0.05) is 13.0 Å². The predicted octanol–water partition coefficient (Wildman–Crippen LogP) is 0.0495. The van der Waals surface area contributed by atoms with Gasteiger partial charge in [-0.1, -0.05) is 0 Å². The Morgan fingerprint density at radius 2 is 1.43 bits per heavy atom. The lowest BCUT2D eigenvalue weighted by molar-refractivity contribution is -1.08. The fourth-order valence-electron chi connectivity index (χ4n) is 3.16. The van der Waals surface area contributed by atoms with E-state index >= 15 is 0 Å². The summed E-state index contributed by atoms with van der Waals surface area (Å²) in [6.07, 6.45) is 0.992. The molecule has 0 aromatic heterocycles. The number of aliphatic hydroxyl groups is 1. The molecule has 0 saturated carbocycles. The second-order valence-corrected chi connectivity index (χ2v) is 5.14. The molecular weight excluding hydrogens is 176 g/mol. The van der Waals surface area contributed by atoms with Crippen molar-refractivity contribution >= 4 is 0 Å². The first kappa shape index (κ1) is 10.4. The summed E-state index contributed by atoms with van der Waals surface area (Å²) in [6.45, 7) is 13.4. The van der Waals surface area contributed by atoms with Gasteiger partial charge in [0.1, 0.15) is 39.3 Å². The summed E-state index contributed by atoms with van der Waals surface area (Å²) in [5.41, 5.74) is 0. The SMILES string of the molecule is CC[N+]12CC[N+](CCCO)(CC1)CC2. The lowest BCUT2D eigenvalue weighted by Gasteiger charge is -2.55. The number of quaternary nitrogens is 2. The van der Waals surface area contributed by atoms with Crippen LogP contribution in [-0.2, 0) is 0 Å². The molecule has 0 aromatic carbocycles. The maximum absolute atomic E-state index is 8.90. The van der Waals surface area contributed by atoms with E-state index in [0.29, 0.717) is 6.61 Å². The van der Waals surface area contributed by atoms with Crippen molar-refractivity contribution in [2.75, 3.05) is 59.0 Å². The average Bonchev–Trinajstić information content (AvgIpc) is 2.29. The molecule has 3 heteroatoms. The van der Waals surface area contributed by atoms with E-state index in [2.05, 4.69) is 6.92 Å². The normalized spacial score (nSPS) is 41.6. The van der Waals surface area contributed by atoms with Crippen LogP contribution in [0.1, 0.15) is 13.3 Å². The first-order chi connectivity index (χ1) is 6.74. The second-order valence-electron chi connectivity index (χ2n) is 5.14. The summed E-state index contributed by atoms with van der Waals surface area (Å²) in [5, 5.41) is 8.90. The number of likely N-dealkylation sites (N-methyl/N-ethyl adjacent to an activating group) is 1. The fraction of sp³-hybridized carbons (Fsp3) is 1.00. The molecule has 3 saturated heterocycles. The van der Waals surface area contributed by atoms with Gasteiger partial charge in [-0.3, -0.25) is 0 Å². The van der Waals surface area contributed by atoms with Gasteiger partial charge in [0.05, 0.1) is 13.1 Å². The van der Waals surface area contributed by atoms with E-state index in [4.69, 9.17) is 5.11 Å². The van der Waals surface area contributed by atoms with Crippen LogP contribution in [0, 0.1) is 0 Å². The third-order valence-corrected chi connectivity index (χ3v) is 4.61. The smallest absolute Gasteiger partial charge is 0.129 e. The van der Waals surface area contributed by atoms with Gasteiger partial charge in [-0.2, -0.15) is 0 Å². The molecule has 0 aliphatic carbocycles. The van der Waals surface area contributed by atoms with E-state index in [9.17, 15) is 0 Å². The molecule has 0 spiro atoms. The molecular formula is C11H24N2O+2. The summed E-state index contributed by atoms with van der Waals surface area (Å²) >= 11 is 0. The Bertz CT molecular complexity index is 181. The van der Waals surface area contributed by atoms with E-state index in [1.165, 1.54) is 61.3 Å². The number of rotatable bonds is 4. The Balaban J connectivity index is 1.95. The lowest BCUT2D eigenvalue weighted by Crippen LogP contribution is -2.74. The summed E-state index contributed by atoms with van der Waals surface area (Å²) in [7, 11) is 0. The molecule has 82 valence electrons. The summed E-state index contributed by atoms with van der Waals surface area (Å²) in [5.74, 6) is 0. The number of piperazine rings is 3. The lowest BCUT2D eigenvalue weighted by atomic mass is 10.1. The fourth-order valence-corrected chi connectivity index (χ4v) is 3.16. The topological polar surface area (TPSA) is 20.2 Å². The molecule has 0 atom stereocenters. The highest BCUT2D eigenvalue weighted by Gasteiger charge is 2.47. The van der Waals surface area contributed by atoms with Crippen LogP contribution in [0.25, 0.3) is 0 Å². The van der Waals surface area contributed by atoms with Gasteiger partial charge in [0.15, 0.2) is 0 Å². The van der Waals surface area contributed by atoms with E-state index in [0.717, 1.165) is 6.42 Å². The molecule has 0 amide bonds. The quantitative estimate of drug-likeness (QED) is 0.636. The van der Waals surface area contributed by atoms with Gasteiger partial charge in [0.2, 0.25) is 0 Å². The number of fused-ring (bicyclic) bond motifs is 3. The van der Waals surface area contributed by atoms with Crippen LogP contribution in [0.15, 0.2) is 0 Å². The molecule has 3 rings (SSSR count). The largest absolute Gasteiger partial charge is 0.396 e. The van der Waals surface area contributed by atoms with Crippen molar-refractivity contribution < 1.29 is 14.1 Å². The zero-order chi connectivity index (χ0) is 10.1. The van der Waals surface area contributed by atoms with Crippen molar-refractivity contribution in [1.82, 2.24) is 0 Å².